The van der Waals surface area contributed by atoms with Gasteiger partial charge < -0.3 is 9.64 Å². The molecule has 1 amide bonds. The van der Waals surface area contributed by atoms with Crippen LogP contribution in [0.1, 0.15) is 45.0 Å². The molecule has 27 heavy (non-hydrogen) atoms. The van der Waals surface area contributed by atoms with Crippen LogP contribution in [0.5, 0.6) is 0 Å². The minimum atomic E-state index is -0.445. The number of nitrogens with zero attached hydrogens (tertiary/aromatic N) is 3. The van der Waals surface area contributed by atoms with Gasteiger partial charge in [-0.3, -0.25) is 19.5 Å². The molecule has 1 aliphatic carbocycles. The van der Waals surface area contributed by atoms with E-state index in [4.69, 9.17) is 4.74 Å². The smallest absolute Gasteiger partial charge is 0.310 e. The van der Waals surface area contributed by atoms with E-state index in [2.05, 4.69) is 23.7 Å². The molecule has 0 spiro atoms. The number of ether oxygens (including phenoxy) is 1. The molecule has 0 radical (unpaired) electrons. The Morgan fingerprint density at radius 1 is 1.15 bits per heavy atom. The number of hydrogen-bond donors (Lipinski definition) is 0. The normalized spacial score (nSPS) is 25.1. The summed E-state index contributed by atoms with van der Waals surface area (Å²) in [5, 5.41) is 0. The number of hydrogen-bond acceptors (Lipinski definition) is 5. The molecule has 1 aliphatic heterocycles. The maximum atomic E-state index is 12.5. The van der Waals surface area contributed by atoms with Crippen LogP contribution in [0.25, 0.3) is 0 Å². The average molecular weight is 373 g/mol. The highest BCUT2D eigenvalue weighted by molar-refractivity contribution is 5.94. The Hall–Kier alpha value is -1.95. The summed E-state index contributed by atoms with van der Waals surface area (Å²) in [5.74, 6) is 0.266. The zero-order valence-electron chi connectivity index (χ0n) is 17.1. The zero-order chi connectivity index (χ0) is 19.8. The van der Waals surface area contributed by atoms with Crippen molar-refractivity contribution in [3.63, 3.8) is 0 Å². The third-order valence-electron chi connectivity index (χ3n) is 5.75. The van der Waals surface area contributed by atoms with E-state index in [1.807, 2.05) is 25.7 Å². The first kappa shape index (κ1) is 19.8. The maximum absolute atomic E-state index is 12.5. The maximum Gasteiger partial charge on any atom is 0.310 e. The third kappa shape index (κ3) is 4.49. The lowest BCUT2D eigenvalue weighted by atomic mass is 10.1. The van der Waals surface area contributed by atoms with E-state index < -0.39 is 5.60 Å². The van der Waals surface area contributed by atoms with Gasteiger partial charge in [0.2, 0.25) is 0 Å². The highest BCUT2D eigenvalue weighted by atomic mass is 16.6. The minimum Gasteiger partial charge on any atom is -0.460 e. The average Bonchev–Trinajstić information content (AvgIpc) is 3.14. The first-order chi connectivity index (χ1) is 12.6. The number of aromatic nitrogens is 1. The second-order valence-electron chi connectivity index (χ2n) is 9.27. The van der Waals surface area contributed by atoms with Crippen LogP contribution < -0.4 is 0 Å². The second kappa shape index (κ2) is 7.23. The van der Waals surface area contributed by atoms with Gasteiger partial charge in [0.05, 0.1) is 5.92 Å². The summed E-state index contributed by atoms with van der Waals surface area (Å²) < 4.78 is 5.60. The van der Waals surface area contributed by atoms with Crippen molar-refractivity contribution < 1.29 is 14.3 Å². The largest absolute Gasteiger partial charge is 0.460 e. The van der Waals surface area contributed by atoms with Gasteiger partial charge in [-0.15, -0.1) is 0 Å². The van der Waals surface area contributed by atoms with E-state index in [0.29, 0.717) is 24.6 Å². The predicted molar refractivity (Wildman–Crippen MR) is 103 cm³/mol. The molecule has 2 heterocycles. The van der Waals surface area contributed by atoms with Crippen LogP contribution in [0.2, 0.25) is 0 Å². The van der Waals surface area contributed by atoms with E-state index in [0.717, 1.165) is 19.6 Å². The van der Waals surface area contributed by atoms with Crippen molar-refractivity contribution in [2.75, 3.05) is 32.7 Å². The molecule has 6 nitrogen and oxygen atoms in total. The Labute approximate surface area is 161 Å². The molecule has 0 unspecified atom stereocenters. The van der Waals surface area contributed by atoms with Crippen molar-refractivity contribution in [1.82, 2.24) is 14.8 Å². The molecule has 0 bridgehead atoms. The van der Waals surface area contributed by atoms with Gasteiger partial charge in [-0.25, -0.2) is 0 Å². The highest BCUT2D eigenvalue weighted by Gasteiger charge is 2.63. The van der Waals surface area contributed by atoms with Crippen LogP contribution in [-0.2, 0) is 9.53 Å². The lowest BCUT2D eigenvalue weighted by Crippen LogP contribution is -2.49. The lowest BCUT2D eigenvalue weighted by molar-refractivity contribution is -0.157. The van der Waals surface area contributed by atoms with Gasteiger partial charge in [0.15, 0.2) is 0 Å². The van der Waals surface area contributed by atoms with Crippen LogP contribution in [-0.4, -0.2) is 65.0 Å². The van der Waals surface area contributed by atoms with E-state index >= 15 is 0 Å². The molecule has 3 rings (SSSR count). The third-order valence-corrected chi connectivity index (χ3v) is 5.75. The monoisotopic (exact) mass is 373 g/mol. The molecule has 1 saturated heterocycles. The molecule has 0 N–H and O–H groups in total. The molecule has 1 aromatic rings. The van der Waals surface area contributed by atoms with E-state index in [-0.39, 0.29) is 23.2 Å². The summed E-state index contributed by atoms with van der Waals surface area (Å²) in [6, 6.07) is 3.51. The molecule has 6 heteroatoms. The van der Waals surface area contributed by atoms with Crippen molar-refractivity contribution in [1.29, 1.82) is 0 Å². The number of piperazine rings is 1. The van der Waals surface area contributed by atoms with E-state index in [1.165, 1.54) is 0 Å². The number of carbonyl (C=O) groups excluding carboxylic acids is 2. The van der Waals surface area contributed by atoms with Crippen molar-refractivity contribution in [3.8, 4) is 0 Å². The number of esters is 1. The summed E-state index contributed by atoms with van der Waals surface area (Å²) in [5.41, 5.74) is 0.220. The summed E-state index contributed by atoms with van der Waals surface area (Å²) in [6.45, 7) is 14.0. The van der Waals surface area contributed by atoms with Crippen LogP contribution in [0.3, 0.4) is 0 Å². The van der Waals surface area contributed by atoms with Crippen molar-refractivity contribution in [2.24, 2.45) is 17.3 Å². The molecule has 148 valence electrons. The van der Waals surface area contributed by atoms with Gasteiger partial charge in [0.1, 0.15) is 5.60 Å². The molecule has 1 aromatic heterocycles. The van der Waals surface area contributed by atoms with Crippen LogP contribution in [0.4, 0.5) is 0 Å². The SMILES string of the molecule is CC(C)(C)OC(=O)[C@H]1[C@@H](CN2CCN(C(=O)c3ccncc3)CC2)C1(C)C. The first-order valence-corrected chi connectivity index (χ1v) is 9.74. The minimum absolute atomic E-state index is 0.0215. The van der Waals surface area contributed by atoms with Crippen LogP contribution in [0, 0.1) is 17.3 Å². The summed E-state index contributed by atoms with van der Waals surface area (Å²) in [4.78, 5) is 33.3. The van der Waals surface area contributed by atoms with Crippen LogP contribution >= 0.6 is 0 Å². The fourth-order valence-corrected chi connectivity index (χ4v) is 4.01. The molecule has 2 aliphatic rings. The van der Waals surface area contributed by atoms with Gasteiger partial charge >= 0.3 is 5.97 Å². The summed E-state index contributed by atoms with van der Waals surface area (Å²) >= 11 is 0. The van der Waals surface area contributed by atoms with Gasteiger partial charge in [-0.05, 0) is 44.2 Å². The van der Waals surface area contributed by atoms with Crippen molar-refractivity contribution in [2.45, 2.75) is 40.2 Å². The number of amides is 1. The van der Waals surface area contributed by atoms with E-state index in [9.17, 15) is 9.59 Å². The molecule has 2 atom stereocenters. The number of pyridine rings is 1. The molecular formula is C21H31N3O3. The zero-order valence-corrected chi connectivity index (χ0v) is 17.1. The second-order valence-corrected chi connectivity index (χ2v) is 9.27. The van der Waals surface area contributed by atoms with Gasteiger partial charge in [0.25, 0.3) is 5.91 Å². The number of carbonyl (C=O) groups is 2. The summed E-state index contributed by atoms with van der Waals surface area (Å²) in [7, 11) is 0. The predicted octanol–water partition coefficient (Wildman–Crippen LogP) is 2.45. The summed E-state index contributed by atoms with van der Waals surface area (Å²) in [6.07, 6.45) is 3.30. The Bertz CT molecular complexity index is 688. The lowest BCUT2D eigenvalue weighted by Gasteiger charge is -2.35. The Morgan fingerprint density at radius 3 is 2.30 bits per heavy atom. The molecular weight excluding hydrogens is 342 g/mol. The fraction of sp³-hybridized carbons (Fsp3) is 0.667. The molecule has 1 saturated carbocycles. The molecule has 2 fully saturated rings. The first-order valence-electron chi connectivity index (χ1n) is 9.74. The highest BCUT2D eigenvalue weighted by Crippen LogP contribution is 2.59. The Morgan fingerprint density at radius 2 is 1.74 bits per heavy atom. The number of rotatable bonds is 4. The molecule has 0 aromatic carbocycles. The van der Waals surface area contributed by atoms with Crippen molar-refractivity contribution >= 4 is 11.9 Å². The quantitative estimate of drug-likeness (QED) is 0.759. The van der Waals surface area contributed by atoms with Gasteiger partial charge in [-0.1, -0.05) is 13.8 Å². The standard InChI is InChI=1S/C21H31N3O3/c1-20(2,3)27-19(26)17-16(21(17,4)5)14-23-10-12-24(13-11-23)18(25)15-6-8-22-9-7-15/h6-9,16-17H,10-14H2,1-5H3/t16-,17-/m1/s1. The van der Waals surface area contributed by atoms with E-state index in [1.54, 1.807) is 24.5 Å². The Balaban J connectivity index is 1.51. The Kier molecular flexibility index (Phi) is 5.30. The topological polar surface area (TPSA) is 62.7 Å². The van der Waals surface area contributed by atoms with Crippen molar-refractivity contribution in [3.05, 3.63) is 30.1 Å². The fourth-order valence-electron chi connectivity index (χ4n) is 4.01. The van der Waals surface area contributed by atoms with Crippen LogP contribution in [0.15, 0.2) is 24.5 Å². The van der Waals surface area contributed by atoms with Gasteiger partial charge in [0, 0.05) is 50.7 Å². The van der Waals surface area contributed by atoms with Gasteiger partial charge in [-0.2, -0.15) is 0 Å².